The largest absolute Gasteiger partial charge is 0.296 e. The van der Waals surface area contributed by atoms with Crippen LogP contribution in [0.3, 0.4) is 0 Å². The number of aromatic nitrogens is 2. The molecule has 21 heavy (non-hydrogen) atoms. The van der Waals surface area contributed by atoms with Crippen LogP contribution in [0.4, 0.5) is 0 Å². The Labute approximate surface area is 137 Å². The number of imidazole rings is 1. The Balaban J connectivity index is 2.33. The third kappa shape index (κ3) is 2.72. The number of benzene rings is 2. The number of halogens is 2. The van der Waals surface area contributed by atoms with E-state index in [9.17, 15) is 0 Å². The first-order valence-corrected chi connectivity index (χ1v) is 8.23. The zero-order valence-electron chi connectivity index (χ0n) is 12.0. The van der Waals surface area contributed by atoms with Gasteiger partial charge >= 0.3 is 0 Å². The van der Waals surface area contributed by atoms with Crippen molar-refractivity contribution in [3.8, 4) is 5.69 Å². The van der Waals surface area contributed by atoms with E-state index in [0.29, 0.717) is 5.88 Å². The lowest BCUT2D eigenvalue weighted by atomic mass is 10.2. The summed E-state index contributed by atoms with van der Waals surface area (Å²) < 4.78 is 3.28. The lowest BCUT2D eigenvalue weighted by molar-refractivity contribution is 0.906. The van der Waals surface area contributed by atoms with E-state index in [1.165, 1.54) is 11.1 Å². The minimum atomic E-state index is 0.565. The minimum Gasteiger partial charge on any atom is -0.296 e. The first kappa shape index (κ1) is 14.6. The number of nitrogens with zero attached hydrogens (tertiary/aromatic N) is 2. The van der Waals surface area contributed by atoms with E-state index in [1.807, 2.05) is 0 Å². The second-order valence-corrected chi connectivity index (χ2v) is 6.52. The quantitative estimate of drug-likeness (QED) is 0.586. The lowest BCUT2D eigenvalue weighted by Gasteiger charge is -2.12. The summed E-state index contributed by atoms with van der Waals surface area (Å²) in [5.41, 5.74) is 5.73. The molecular weight excluding hydrogens is 348 g/mol. The van der Waals surface area contributed by atoms with Gasteiger partial charge in [0.1, 0.15) is 5.82 Å². The summed E-state index contributed by atoms with van der Waals surface area (Å²) in [5, 5.41) is 0. The molecule has 3 aromatic rings. The van der Waals surface area contributed by atoms with Gasteiger partial charge in [0.2, 0.25) is 0 Å². The molecule has 0 saturated carbocycles. The molecule has 0 fully saturated rings. The van der Waals surface area contributed by atoms with E-state index < -0.39 is 0 Å². The molecule has 0 unspecified atom stereocenters. The highest BCUT2D eigenvalue weighted by atomic mass is 79.9. The van der Waals surface area contributed by atoms with Crippen LogP contribution in [-0.2, 0) is 6.42 Å². The average Bonchev–Trinajstić information content (AvgIpc) is 2.79. The molecule has 2 nitrogen and oxygen atoms in total. The van der Waals surface area contributed by atoms with Crippen LogP contribution in [0, 0.1) is 13.8 Å². The molecule has 1 heterocycles. The highest BCUT2D eigenvalue weighted by Gasteiger charge is 2.14. The first-order chi connectivity index (χ1) is 10.1. The highest BCUT2D eigenvalue weighted by molar-refractivity contribution is 9.10. The summed E-state index contributed by atoms with van der Waals surface area (Å²) >= 11 is 9.52. The summed E-state index contributed by atoms with van der Waals surface area (Å²) in [6, 6.07) is 12.7. The molecule has 0 spiro atoms. The van der Waals surface area contributed by atoms with Crippen LogP contribution in [0.15, 0.2) is 40.9 Å². The number of alkyl halides is 1. The molecule has 0 atom stereocenters. The van der Waals surface area contributed by atoms with Crippen LogP contribution >= 0.6 is 27.5 Å². The summed E-state index contributed by atoms with van der Waals surface area (Å²) in [7, 11) is 0. The van der Waals surface area contributed by atoms with Gasteiger partial charge < -0.3 is 0 Å². The van der Waals surface area contributed by atoms with E-state index in [4.69, 9.17) is 16.6 Å². The second-order valence-electron chi connectivity index (χ2n) is 5.23. The minimum absolute atomic E-state index is 0.565. The Hall–Kier alpha value is -1.32. The molecule has 4 heteroatoms. The Morgan fingerprint density at radius 2 is 1.95 bits per heavy atom. The molecule has 0 N–H and O–H groups in total. The maximum absolute atomic E-state index is 5.96. The van der Waals surface area contributed by atoms with Gasteiger partial charge in [-0.05, 0) is 49.2 Å². The van der Waals surface area contributed by atoms with Crippen molar-refractivity contribution in [1.82, 2.24) is 9.55 Å². The zero-order chi connectivity index (χ0) is 15.0. The van der Waals surface area contributed by atoms with Gasteiger partial charge in [-0.2, -0.15) is 0 Å². The second kappa shape index (κ2) is 5.82. The van der Waals surface area contributed by atoms with E-state index in [1.54, 1.807) is 0 Å². The Bertz CT molecular complexity index is 808. The molecule has 3 rings (SSSR count). The third-order valence-corrected chi connectivity index (χ3v) is 4.29. The molecular formula is C17H16BrClN2. The van der Waals surface area contributed by atoms with E-state index in [0.717, 1.165) is 33.4 Å². The van der Waals surface area contributed by atoms with Crippen molar-refractivity contribution in [2.45, 2.75) is 20.3 Å². The van der Waals surface area contributed by atoms with Crippen LogP contribution < -0.4 is 0 Å². The van der Waals surface area contributed by atoms with Crippen molar-refractivity contribution in [1.29, 1.82) is 0 Å². The maximum Gasteiger partial charge on any atom is 0.115 e. The van der Waals surface area contributed by atoms with Crippen LogP contribution in [0.5, 0.6) is 0 Å². The van der Waals surface area contributed by atoms with Crippen LogP contribution in [0.25, 0.3) is 16.7 Å². The number of hydrogen-bond donors (Lipinski definition) is 0. The fourth-order valence-corrected chi connectivity index (χ4v) is 3.10. The van der Waals surface area contributed by atoms with Gasteiger partial charge in [-0.25, -0.2) is 4.98 Å². The van der Waals surface area contributed by atoms with Crippen molar-refractivity contribution in [2.75, 3.05) is 5.88 Å². The van der Waals surface area contributed by atoms with Crippen molar-refractivity contribution in [2.24, 2.45) is 0 Å². The van der Waals surface area contributed by atoms with Crippen molar-refractivity contribution in [3.05, 3.63) is 57.8 Å². The number of aryl methyl sites for hydroxylation is 3. The summed E-state index contributed by atoms with van der Waals surface area (Å²) in [6.07, 6.45) is 0.751. The smallest absolute Gasteiger partial charge is 0.115 e. The third-order valence-electron chi connectivity index (χ3n) is 3.61. The van der Waals surface area contributed by atoms with Gasteiger partial charge in [-0.1, -0.05) is 28.1 Å². The Kier molecular flexibility index (Phi) is 4.05. The fourth-order valence-electron chi connectivity index (χ4n) is 2.58. The predicted molar refractivity (Wildman–Crippen MR) is 92.7 cm³/mol. The standard InChI is InChI=1S/C17H16BrClN2/c1-11-3-6-15-14(9-11)20-17(7-8-19)21(15)16-10-13(18)5-4-12(16)2/h3-6,9-10H,7-8H2,1-2H3. The Morgan fingerprint density at radius 1 is 1.14 bits per heavy atom. The van der Waals surface area contributed by atoms with Crippen LogP contribution in [0.2, 0.25) is 0 Å². The van der Waals surface area contributed by atoms with Gasteiger partial charge in [0.05, 0.1) is 16.7 Å². The summed E-state index contributed by atoms with van der Waals surface area (Å²) in [6.45, 7) is 4.20. The van der Waals surface area contributed by atoms with Crippen LogP contribution in [-0.4, -0.2) is 15.4 Å². The molecule has 2 aromatic carbocycles. The van der Waals surface area contributed by atoms with Gasteiger partial charge in [-0.3, -0.25) is 4.57 Å². The van der Waals surface area contributed by atoms with Crippen LogP contribution in [0.1, 0.15) is 17.0 Å². The summed E-state index contributed by atoms with van der Waals surface area (Å²) in [4.78, 5) is 4.77. The molecule has 0 amide bonds. The van der Waals surface area contributed by atoms with E-state index in [-0.39, 0.29) is 0 Å². The number of rotatable bonds is 3. The molecule has 0 bridgehead atoms. The molecule has 0 aliphatic carbocycles. The molecule has 1 aromatic heterocycles. The van der Waals surface area contributed by atoms with Crippen molar-refractivity contribution in [3.63, 3.8) is 0 Å². The molecule has 0 saturated heterocycles. The van der Waals surface area contributed by atoms with Crippen molar-refractivity contribution >= 4 is 38.6 Å². The van der Waals surface area contributed by atoms with E-state index in [2.05, 4.69) is 70.7 Å². The van der Waals surface area contributed by atoms with Gasteiger partial charge in [0, 0.05) is 16.8 Å². The molecule has 0 aliphatic rings. The van der Waals surface area contributed by atoms with Gasteiger partial charge in [0.25, 0.3) is 0 Å². The molecule has 0 radical (unpaired) electrons. The zero-order valence-corrected chi connectivity index (χ0v) is 14.4. The van der Waals surface area contributed by atoms with Gasteiger partial charge in [-0.15, -0.1) is 11.6 Å². The first-order valence-electron chi connectivity index (χ1n) is 6.90. The van der Waals surface area contributed by atoms with Gasteiger partial charge in [0.15, 0.2) is 0 Å². The number of fused-ring (bicyclic) bond motifs is 1. The van der Waals surface area contributed by atoms with Crippen molar-refractivity contribution < 1.29 is 0 Å². The topological polar surface area (TPSA) is 17.8 Å². The number of hydrogen-bond acceptors (Lipinski definition) is 1. The average molecular weight is 364 g/mol. The monoisotopic (exact) mass is 362 g/mol. The Morgan fingerprint density at radius 3 is 2.71 bits per heavy atom. The van der Waals surface area contributed by atoms with E-state index >= 15 is 0 Å². The lowest BCUT2D eigenvalue weighted by Crippen LogP contribution is -2.04. The molecule has 108 valence electrons. The normalized spacial score (nSPS) is 11.2. The fraction of sp³-hybridized carbons (Fsp3) is 0.235. The highest BCUT2D eigenvalue weighted by Crippen LogP contribution is 2.27. The maximum atomic E-state index is 5.96. The SMILES string of the molecule is Cc1ccc2c(c1)nc(CCCl)n2-c1cc(Br)ccc1C. The molecule has 0 aliphatic heterocycles. The summed E-state index contributed by atoms with van der Waals surface area (Å²) in [5.74, 6) is 1.57. The predicted octanol–water partition coefficient (Wildman–Crippen LogP) is 5.19.